The molecule has 2 N–H and O–H groups in total. The summed E-state index contributed by atoms with van der Waals surface area (Å²) in [5.74, 6) is 0.618. The molecule has 0 atom stereocenters. The second-order valence-electron chi connectivity index (χ2n) is 4.20. The SMILES string of the molecule is COc1cc(CO)ccc1Oc1cc(F)cc(CO)c1. The molecule has 0 aliphatic rings. The third-order valence-corrected chi connectivity index (χ3v) is 2.75. The smallest absolute Gasteiger partial charge is 0.169 e. The maximum absolute atomic E-state index is 13.4. The maximum atomic E-state index is 13.4. The van der Waals surface area contributed by atoms with Crippen LogP contribution in [0.4, 0.5) is 4.39 Å². The molecule has 0 saturated heterocycles. The molecule has 106 valence electrons. The number of ether oxygens (including phenoxy) is 2. The molecule has 0 radical (unpaired) electrons. The van der Waals surface area contributed by atoms with Crippen molar-refractivity contribution >= 4 is 0 Å². The number of hydrogen-bond acceptors (Lipinski definition) is 4. The fourth-order valence-corrected chi connectivity index (χ4v) is 1.79. The Balaban J connectivity index is 2.31. The predicted molar refractivity (Wildman–Crippen MR) is 71.3 cm³/mol. The van der Waals surface area contributed by atoms with E-state index in [1.165, 1.54) is 19.2 Å². The number of aliphatic hydroxyl groups is 2. The van der Waals surface area contributed by atoms with Crippen LogP contribution in [0, 0.1) is 5.82 Å². The van der Waals surface area contributed by atoms with Crippen LogP contribution in [0.5, 0.6) is 17.2 Å². The van der Waals surface area contributed by atoms with Crippen molar-refractivity contribution in [3.8, 4) is 17.2 Å². The average Bonchev–Trinajstić information content (AvgIpc) is 2.47. The van der Waals surface area contributed by atoms with Crippen LogP contribution in [0.3, 0.4) is 0 Å². The van der Waals surface area contributed by atoms with Crippen molar-refractivity contribution < 1.29 is 24.1 Å². The molecule has 0 heterocycles. The summed E-state index contributed by atoms with van der Waals surface area (Å²) in [4.78, 5) is 0. The van der Waals surface area contributed by atoms with E-state index in [0.717, 1.165) is 0 Å². The van der Waals surface area contributed by atoms with Crippen molar-refractivity contribution in [1.82, 2.24) is 0 Å². The highest BCUT2D eigenvalue weighted by Crippen LogP contribution is 2.33. The topological polar surface area (TPSA) is 58.9 Å². The Labute approximate surface area is 116 Å². The van der Waals surface area contributed by atoms with Crippen LogP contribution in [0.25, 0.3) is 0 Å². The number of hydrogen-bond donors (Lipinski definition) is 2. The summed E-state index contributed by atoms with van der Waals surface area (Å²) in [6, 6.07) is 8.96. The molecule has 0 spiro atoms. The highest BCUT2D eigenvalue weighted by molar-refractivity contribution is 5.45. The molecule has 2 aromatic carbocycles. The zero-order valence-corrected chi connectivity index (χ0v) is 11.0. The molecular weight excluding hydrogens is 263 g/mol. The summed E-state index contributed by atoms with van der Waals surface area (Å²) in [7, 11) is 1.48. The minimum Gasteiger partial charge on any atom is -0.493 e. The first-order valence-electron chi connectivity index (χ1n) is 6.02. The average molecular weight is 278 g/mol. The Kier molecular flexibility index (Phi) is 4.55. The second-order valence-corrected chi connectivity index (χ2v) is 4.20. The number of rotatable bonds is 5. The molecule has 0 aliphatic heterocycles. The summed E-state index contributed by atoms with van der Waals surface area (Å²) in [6.07, 6.45) is 0. The molecule has 20 heavy (non-hydrogen) atoms. The summed E-state index contributed by atoms with van der Waals surface area (Å²) in [6.45, 7) is -0.375. The minimum absolute atomic E-state index is 0.106. The molecule has 0 unspecified atom stereocenters. The fourth-order valence-electron chi connectivity index (χ4n) is 1.79. The quantitative estimate of drug-likeness (QED) is 0.882. The van der Waals surface area contributed by atoms with Gasteiger partial charge in [0.15, 0.2) is 11.5 Å². The Bertz CT molecular complexity index is 598. The largest absolute Gasteiger partial charge is 0.493 e. The molecular formula is C15H15FO4. The van der Waals surface area contributed by atoms with Crippen LogP contribution in [-0.2, 0) is 13.2 Å². The van der Waals surface area contributed by atoms with Crippen LogP contribution in [-0.4, -0.2) is 17.3 Å². The number of aliphatic hydroxyl groups excluding tert-OH is 2. The molecule has 0 aliphatic carbocycles. The van der Waals surface area contributed by atoms with Crippen molar-refractivity contribution in [2.75, 3.05) is 7.11 Å². The summed E-state index contributed by atoms with van der Waals surface area (Å²) >= 11 is 0. The van der Waals surface area contributed by atoms with Gasteiger partial charge in [0.05, 0.1) is 20.3 Å². The molecule has 5 heteroatoms. The van der Waals surface area contributed by atoms with E-state index >= 15 is 0 Å². The monoisotopic (exact) mass is 278 g/mol. The fraction of sp³-hybridized carbons (Fsp3) is 0.200. The summed E-state index contributed by atoms with van der Waals surface area (Å²) in [5.41, 5.74) is 1.11. The van der Waals surface area contributed by atoms with Crippen LogP contribution in [0.2, 0.25) is 0 Å². The lowest BCUT2D eigenvalue weighted by molar-refractivity contribution is 0.279. The third kappa shape index (κ3) is 3.26. The molecule has 0 amide bonds. The van der Waals surface area contributed by atoms with Gasteiger partial charge in [0.1, 0.15) is 11.6 Å². The third-order valence-electron chi connectivity index (χ3n) is 2.75. The molecule has 2 aromatic rings. The Morgan fingerprint density at radius 3 is 2.35 bits per heavy atom. The van der Waals surface area contributed by atoms with E-state index in [-0.39, 0.29) is 19.0 Å². The summed E-state index contributed by atoms with van der Waals surface area (Å²) in [5, 5.41) is 18.1. The highest BCUT2D eigenvalue weighted by atomic mass is 19.1. The van der Waals surface area contributed by atoms with Crippen molar-refractivity contribution in [2.45, 2.75) is 13.2 Å². The normalized spacial score (nSPS) is 10.4. The van der Waals surface area contributed by atoms with Gasteiger partial charge in [-0.1, -0.05) is 6.07 Å². The van der Waals surface area contributed by atoms with E-state index in [2.05, 4.69) is 0 Å². The maximum Gasteiger partial charge on any atom is 0.169 e. The van der Waals surface area contributed by atoms with E-state index in [0.29, 0.717) is 22.6 Å². The van der Waals surface area contributed by atoms with Gasteiger partial charge in [-0.3, -0.25) is 0 Å². The zero-order valence-electron chi connectivity index (χ0n) is 11.0. The van der Waals surface area contributed by atoms with Crippen molar-refractivity contribution in [3.05, 3.63) is 53.3 Å². The van der Waals surface area contributed by atoms with Crippen LogP contribution in [0.1, 0.15) is 11.1 Å². The van der Waals surface area contributed by atoms with E-state index < -0.39 is 5.82 Å². The van der Waals surface area contributed by atoms with E-state index in [1.54, 1.807) is 24.3 Å². The van der Waals surface area contributed by atoms with Gasteiger partial charge in [0, 0.05) is 6.07 Å². The molecule has 2 rings (SSSR count). The van der Waals surface area contributed by atoms with E-state index in [1.807, 2.05) is 0 Å². The van der Waals surface area contributed by atoms with Gasteiger partial charge >= 0.3 is 0 Å². The Morgan fingerprint density at radius 2 is 1.70 bits per heavy atom. The van der Waals surface area contributed by atoms with Gasteiger partial charge in [0.2, 0.25) is 0 Å². The van der Waals surface area contributed by atoms with Crippen LogP contribution >= 0.6 is 0 Å². The second kappa shape index (κ2) is 6.36. The number of halogens is 1. The summed E-state index contributed by atoms with van der Waals surface area (Å²) < 4.78 is 24.1. The lowest BCUT2D eigenvalue weighted by Gasteiger charge is -2.12. The van der Waals surface area contributed by atoms with Gasteiger partial charge < -0.3 is 19.7 Å². The molecule has 0 bridgehead atoms. The lowest BCUT2D eigenvalue weighted by Crippen LogP contribution is -1.94. The van der Waals surface area contributed by atoms with Crippen LogP contribution < -0.4 is 9.47 Å². The van der Waals surface area contributed by atoms with Gasteiger partial charge in [0.25, 0.3) is 0 Å². The van der Waals surface area contributed by atoms with E-state index in [9.17, 15) is 4.39 Å². The van der Waals surface area contributed by atoms with Gasteiger partial charge in [-0.05, 0) is 35.4 Å². The molecule has 0 saturated carbocycles. The molecule has 0 aromatic heterocycles. The van der Waals surface area contributed by atoms with Gasteiger partial charge in [-0.2, -0.15) is 0 Å². The lowest BCUT2D eigenvalue weighted by atomic mass is 10.2. The first kappa shape index (κ1) is 14.3. The molecule has 4 nitrogen and oxygen atoms in total. The standard InChI is InChI=1S/C15H15FO4/c1-19-15-6-10(8-17)2-3-14(15)20-13-5-11(9-18)4-12(16)7-13/h2-7,17-18H,8-9H2,1H3. The van der Waals surface area contributed by atoms with E-state index in [4.69, 9.17) is 19.7 Å². The molecule has 0 fully saturated rings. The zero-order chi connectivity index (χ0) is 14.5. The minimum atomic E-state index is -0.488. The van der Waals surface area contributed by atoms with Crippen molar-refractivity contribution in [1.29, 1.82) is 0 Å². The van der Waals surface area contributed by atoms with Crippen molar-refractivity contribution in [2.24, 2.45) is 0 Å². The number of benzene rings is 2. The number of methoxy groups -OCH3 is 1. The Hall–Kier alpha value is -2.11. The van der Waals surface area contributed by atoms with Gasteiger partial charge in [-0.25, -0.2) is 4.39 Å². The first-order valence-corrected chi connectivity index (χ1v) is 6.02. The predicted octanol–water partition coefficient (Wildman–Crippen LogP) is 2.61. The first-order chi connectivity index (χ1) is 9.66. The highest BCUT2D eigenvalue weighted by Gasteiger charge is 2.08. The Morgan fingerprint density at radius 1 is 0.950 bits per heavy atom. The van der Waals surface area contributed by atoms with Gasteiger partial charge in [-0.15, -0.1) is 0 Å². The van der Waals surface area contributed by atoms with Crippen LogP contribution in [0.15, 0.2) is 36.4 Å². The van der Waals surface area contributed by atoms with Crippen molar-refractivity contribution in [3.63, 3.8) is 0 Å².